The van der Waals surface area contributed by atoms with Crippen molar-refractivity contribution >= 4 is 5.97 Å². The summed E-state index contributed by atoms with van der Waals surface area (Å²) in [5, 5.41) is 11.9. The van der Waals surface area contributed by atoms with Crippen LogP contribution < -0.4 is 10.1 Å². The number of nitrogens with one attached hydrogen (secondary N) is 1. The molecule has 4 heteroatoms. The molecule has 0 fully saturated rings. The molecule has 0 heterocycles. The minimum Gasteiger partial charge on any atom is -0.496 e. The summed E-state index contributed by atoms with van der Waals surface area (Å²) in [5.74, 6) is 0.0824. The molecule has 0 saturated heterocycles. The number of carbonyl (C=O) groups is 1. The van der Waals surface area contributed by atoms with Gasteiger partial charge < -0.3 is 15.2 Å². The molecule has 23 heavy (non-hydrogen) atoms. The van der Waals surface area contributed by atoms with Gasteiger partial charge in [0.15, 0.2) is 0 Å². The van der Waals surface area contributed by atoms with E-state index in [4.69, 9.17) is 9.84 Å². The van der Waals surface area contributed by atoms with E-state index in [1.807, 2.05) is 18.2 Å². The summed E-state index contributed by atoms with van der Waals surface area (Å²) >= 11 is 0. The van der Waals surface area contributed by atoms with Crippen molar-refractivity contribution in [3.63, 3.8) is 0 Å². The van der Waals surface area contributed by atoms with Crippen LogP contribution in [0.25, 0.3) is 11.1 Å². The zero-order valence-electron chi connectivity index (χ0n) is 13.6. The van der Waals surface area contributed by atoms with E-state index in [0.717, 1.165) is 16.9 Å². The highest BCUT2D eigenvalue weighted by Gasteiger charge is 2.07. The zero-order chi connectivity index (χ0) is 16.7. The van der Waals surface area contributed by atoms with Crippen LogP contribution in [0.5, 0.6) is 5.75 Å². The molecule has 0 atom stereocenters. The Hall–Kier alpha value is -2.33. The van der Waals surface area contributed by atoms with Crippen molar-refractivity contribution in [2.75, 3.05) is 13.7 Å². The summed E-state index contributed by atoms with van der Waals surface area (Å²) in [6.07, 6.45) is 0.808. The van der Waals surface area contributed by atoms with E-state index in [2.05, 4.69) is 36.5 Å². The Morgan fingerprint density at radius 3 is 2.70 bits per heavy atom. The Morgan fingerprint density at radius 2 is 2.00 bits per heavy atom. The van der Waals surface area contributed by atoms with Crippen LogP contribution in [0.1, 0.15) is 24.0 Å². The van der Waals surface area contributed by atoms with Gasteiger partial charge in [0.2, 0.25) is 0 Å². The first kappa shape index (κ1) is 17.0. The van der Waals surface area contributed by atoms with E-state index in [9.17, 15) is 4.79 Å². The topological polar surface area (TPSA) is 58.6 Å². The molecule has 0 unspecified atom stereocenters. The number of carboxylic acid groups (broad SMARTS) is 1. The first-order chi connectivity index (χ1) is 11.1. The predicted octanol–water partition coefficient (Wildman–Crippen LogP) is 3.63. The van der Waals surface area contributed by atoms with Gasteiger partial charge in [0.25, 0.3) is 0 Å². The molecule has 0 amide bonds. The molecular formula is C19H23NO3. The van der Waals surface area contributed by atoms with Crippen molar-refractivity contribution in [3.05, 3.63) is 53.6 Å². The molecule has 0 bridgehead atoms. The fourth-order valence-electron chi connectivity index (χ4n) is 2.57. The third-order valence-corrected chi connectivity index (χ3v) is 3.80. The Labute approximate surface area is 137 Å². The van der Waals surface area contributed by atoms with Gasteiger partial charge in [0.1, 0.15) is 5.75 Å². The van der Waals surface area contributed by atoms with Crippen LogP contribution >= 0.6 is 0 Å². The number of carboxylic acids is 1. The Morgan fingerprint density at radius 1 is 1.22 bits per heavy atom. The van der Waals surface area contributed by atoms with Gasteiger partial charge in [-0.15, -0.1) is 0 Å². The third kappa shape index (κ3) is 4.83. The smallest absolute Gasteiger partial charge is 0.303 e. The molecule has 0 saturated carbocycles. The third-order valence-electron chi connectivity index (χ3n) is 3.80. The van der Waals surface area contributed by atoms with E-state index < -0.39 is 5.97 Å². The largest absolute Gasteiger partial charge is 0.496 e. The van der Waals surface area contributed by atoms with Crippen molar-refractivity contribution in [2.45, 2.75) is 26.3 Å². The molecule has 0 spiro atoms. The van der Waals surface area contributed by atoms with Crippen molar-refractivity contribution in [2.24, 2.45) is 0 Å². The minimum atomic E-state index is -0.758. The summed E-state index contributed by atoms with van der Waals surface area (Å²) in [4.78, 5) is 10.5. The summed E-state index contributed by atoms with van der Waals surface area (Å²) in [7, 11) is 1.66. The van der Waals surface area contributed by atoms with Crippen LogP contribution in [-0.4, -0.2) is 24.7 Å². The quantitative estimate of drug-likeness (QED) is 0.731. The maximum absolute atomic E-state index is 10.5. The lowest BCUT2D eigenvalue weighted by Gasteiger charge is -2.13. The first-order valence-electron chi connectivity index (χ1n) is 7.77. The van der Waals surface area contributed by atoms with Crippen molar-refractivity contribution < 1.29 is 14.6 Å². The van der Waals surface area contributed by atoms with Crippen molar-refractivity contribution in [1.29, 1.82) is 0 Å². The summed E-state index contributed by atoms with van der Waals surface area (Å²) < 4.78 is 5.43. The lowest BCUT2D eigenvalue weighted by Crippen LogP contribution is -2.16. The number of aliphatic carboxylic acids is 1. The number of benzene rings is 2. The number of hydrogen-bond donors (Lipinski definition) is 2. The van der Waals surface area contributed by atoms with Crippen LogP contribution in [0, 0.1) is 6.92 Å². The van der Waals surface area contributed by atoms with E-state index in [1.54, 1.807) is 7.11 Å². The normalized spacial score (nSPS) is 10.5. The zero-order valence-corrected chi connectivity index (χ0v) is 13.6. The van der Waals surface area contributed by atoms with Crippen LogP contribution in [-0.2, 0) is 11.3 Å². The van der Waals surface area contributed by atoms with Gasteiger partial charge in [-0.25, -0.2) is 0 Å². The Bertz CT molecular complexity index is 667. The van der Waals surface area contributed by atoms with E-state index >= 15 is 0 Å². The number of ether oxygens (including phenoxy) is 1. The standard InChI is InChI=1S/C19H23NO3/c1-14-6-3-4-7-17(14)15-9-10-18(23-2)16(12-15)13-20-11-5-8-19(21)22/h3-4,6-7,9-10,12,20H,5,8,11,13H2,1-2H3,(H,21,22). The van der Waals surface area contributed by atoms with Crippen LogP contribution in [0.4, 0.5) is 0 Å². The molecule has 2 aromatic carbocycles. The average Bonchev–Trinajstić information content (AvgIpc) is 2.54. The second-order valence-corrected chi connectivity index (χ2v) is 5.52. The molecule has 122 valence electrons. The van der Waals surface area contributed by atoms with Crippen LogP contribution in [0.2, 0.25) is 0 Å². The first-order valence-corrected chi connectivity index (χ1v) is 7.77. The predicted molar refractivity (Wildman–Crippen MR) is 91.7 cm³/mol. The number of hydrogen-bond acceptors (Lipinski definition) is 3. The van der Waals surface area contributed by atoms with Gasteiger partial charge in [0.05, 0.1) is 7.11 Å². The SMILES string of the molecule is COc1ccc(-c2ccccc2C)cc1CNCCCC(=O)O. The van der Waals surface area contributed by atoms with Gasteiger partial charge in [0, 0.05) is 18.5 Å². The lowest BCUT2D eigenvalue weighted by atomic mass is 9.98. The molecule has 0 aromatic heterocycles. The Kier molecular flexibility index (Phi) is 6.18. The molecule has 0 aliphatic carbocycles. The highest BCUT2D eigenvalue weighted by molar-refractivity contribution is 5.69. The van der Waals surface area contributed by atoms with Gasteiger partial charge in [-0.05, 0) is 48.7 Å². The van der Waals surface area contributed by atoms with E-state index in [1.165, 1.54) is 11.1 Å². The second kappa shape index (κ2) is 8.34. The highest BCUT2D eigenvalue weighted by Crippen LogP contribution is 2.28. The molecule has 2 rings (SSSR count). The van der Waals surface area contributed by atoms with Gasteiger partial charge in [-0.2, -0.15) is 0 Å². The minimum absolute atomic E-state index is 0.188. The van der Waals surface area contributed by atoms with Crippen molar-refractivity contribution in [3.8, 4) is 16.9 Å². The molecule has 2 N–H and O–H groups in total. The van der Waals surface area contributed by atoms with Crippen molar-refractivity contribution in [1.82, 2.24) is 5.32 Å². The molecule has 0 aliphatic rings. The summed E-state index contributed by atoms with van der Waals surface area (Å²) in [5.41, 5.74) is 4.68. The molecule has 4 nitrogen and oxygen atoms in total. The fraction of sp³-hybridized carbons (Fsp3) is 0.316. The molecule has 2 aromatic rings. The molecule has 0 aliphatic heterocycles. The van der Waals surface area contributed by atoms with Gasteiger partial charge >= 0.3 is 5.97 Å². The highest BCUT2D eigenvalue weighted by atomic mass is 16.5. The van der Waals surface area contributed by atoms with E-state index in [-0.39, 0.29) is 6.42 Å². The van der Waals surface area contributed by atoms with Crippen LogP contribution in [0.15, 0.2) is 42.5 Å². The van der Waals surface area contributed by atoms with Gasteiger partial charge in [-0.1, -0.05) is 30.3 Å². The number of methoxy groups -OCH3 is 1. The summed E-state index contributed by atoms with van der Waals surface area (Å²) in [6.45, 7) is 3.43. The van der Waals surface area contributed by atoms with Crippen LogP contribution in [0.3, 0.4) is 0 Å². The second-order valence-electron chi connectivity index (χ2n) is 5.52. The van der Waals surface area contributed by atoms with Gasteiger partial charge in [-0.3, -0.25) is 4.79 Å². The summed E-state index contributed by atoms with van der Waals surface area (Å²) in [6, 6.07) is 14.5. The monoisotopic (exact) mass is 313 g/mol. The fourth-order valence-corrected chi connectivity index (χ4v) is 2.57. The molecular weight excluding hydrogens is 290 g/mol. The maximum Gasteiger partial charge on any atom is 0.303 e. The van der Waals surface area contributed by atoms with E-state index in [0.29, 0.717) is 19.5 Å². The molecule has 0 radical (unpaired) electrons. The Balaban J connectivity index is 2.10. The number of rotatable bonds is 8. The average molecular weight is 313 g/mol. The lowest BCUT2D eigenvalue weighted by molar-refractivity contribution is -0.137. The number of aryl methyl sites for hydroxylation is 1. The maximum atomic E-state index is 10.5.